The first-order chi connectivity index (χ1) is 5.33. The zero-order chi connectivity index (χ0) is 8.10. The molecule has 0 bridgehead atoms. The Morgan fingerprint density at radius 1 is 1.27 bits per heavy atom. The molecule has 1 aromatic carbocycles. The first kappa shape index (κ1) is 8.85. The van der Waals surface area contributed by atoms with Crippen LogP contribution in [-0.2, 0) is 0 Å². The van der Waals surface area contributed by atoms with Gasteiger partial charge in [-0.3, -0.25) is 0 Å². The van der Waals surface area contributed by atoms with Gasteiger partial charge in [0.05, 0.1) is 0 Å². The normalized spacial score (nSPS) is 8.55. The summed E-state index contributed by atoms with van der Waals surface area (Å²) in [6, 6.07) is 7.63. The average molecular weight is 277 g/mol. The maximum Gasteiger partial charge on any atom is 0.0406 e. The molecule has 0 aromatic heterocycles. The van der Waals surface area contributed by atoms with E-state index in [1.54, 1.807) is 0 Å². The number of rotatable bonds is 1. The lowest BCUT2D eigenvalue weighted by molar-refractivity contribution is 1.66. The van der Waals surface area contributed by atoms with Gasteiger partial charge in [0.15, 0.2) is 0 Å². The summed E-state index contributed by atoms with van der Waals surface area (Å²) in [5.41, 5.74) is 4.09. The first-order valence-electron chi connectivity index (χ1n) is 3.09. The van der Waals surface area contributed by atoms with Gasteiger partial charge in [-0.25, -0.2) is 0 Å². The molecule has 0 radical (unpaired) electrons. The molecule has 0 aliphatic carbocycles. The smallest absolute Gasteiger partial charge is 0.0406 e. The third-order valence-electron chi connectivity index (χ3n) is 1.18. The predicted octanol–water partition coefficient (Wildman–Crippen LogP) is 3.90. The Morgan fingerprint density at radius 2 is 1.91 bits per heavy atom. The SMILES string of the molecule is Clc1ccc(C=C=CI)cc1. The van der Waals surface area contributed by atoms with Crippen molar-refractivity contribution in [2.24, 2.45) is 0 Å². The van der Waals surface area contributed by atoms with E-state index in [4.69, 9.17) is 11.6 Å². The van der Waals surface area contributed by atoms with Gasteiger partial charge in [0, 0.05) is 9.11 Å². The molecule has 0 N–H and O–H groups in total. The molecule has 0 unspecified atom stereocenters. The molecule has 0 nitrogen and oxygen atoms in total. The highest BCUT2D eigenvalue weighted by molar-refractivity contribution is 14.1. The van der Waals surface area contributed by atoms with E-state index in [-0.39, 0.29) is 0 Å². The zero-order valence-electron chi connectivity index (χ0n) is 5.72. The summed E-state index contributed by atoms with van der Waals surface area (Å²) in [4.78, 5) is 0. The van der Waals surface area contributed by atoms with Crippen LogP contribution in [0.3, 0.4) is 0 Å². The molecule has 2 heteroatoms. The van der Waals surface area contributed by atoms with Gasteiger partial charge in [0.1, 0.15) is 0 Å². The van der Waals surface area contributed by atoms with Crippen LogP contribution in [0, 0.1) is 0 Å². The standard InChI is InChI=1S/C9H6ClI/c10-9-5-3-8(4-6-9)2-1-7-11/h2-7H. The maximum atomic E-state index is 5.70. The summed E-state index contributed by atoms with van der Waals surface area (Å²) in [5, 5.41) is 0.764. The van der Waals surface area contributed by atoms with Crippen molar-refractivity contribution in [3.8, 4) is 0 Å². The Hall–Kier alpha value is -0.240. The molecule has 0 saturated carbocycles. The summed E-state index contributed by atoms with van der Waals surface area (Å²) in [7, 11) is 0. The fourth-order valence-corrected chi connectivity index (χ4v) is 0.993. The highest BCUT2D eigenvalue weighted by Crippen LogP contribution is 2.09. The minimum Gasteiger partial charge on any atom is -0.114 e. The second-order valence-corrected chi connectivity index (χ2v) is 3.03. The van der Waals surface area contributed by atoms with Crippen molar-refractivity contribution in [1.29, 1.82) is 0 Å². The molecule has 0 aliphatic rings. The minimum atomic E-state index is 0.764. The highest BCUT2D eigenvalue weighted by atomic mass is 127. The van der Waals surface area contributed by atoms with E-state index in [1.165, 1.54) is 0 Å². The van der Waals surface area contributed by atoms with E-state index in [0.29, 0.717) is 0 Å². The van der Waals surface area contributed by atoms with Crippen LogP contribution >= 0.6 is 34.2 Å². The highest BCUT2D eigenvalue weighted by Gasteiger charge is 1.85. The molecule has 1 rings (SSSR count). The Morgan fingerprint density at radius 3 is 2.45 bits per heavy atom. The third kappa shape index (κ3) is 3.10. The van der Waals surface area contributed by atoms with Crippen molar-refractivity contribution in [3.63, 3.8) is 0 Å². The van der Waals surface area contributed by atoms with E-state index >= 15 is 0 Å². The minimum absolute atomic E-state index is 0.764. The lowest BCUT2D eigenvalue weighted by Gasteiger charge is -1.89. The molecule has 56 valence electrons. The molecule has 0 atom stereocenters. The van der Waals surface area contributed by atoms with Crippen LogP contribution in [0.15, 0.2) is 34.1 Å². The number of hydrogen-bond donors (Lipinski definition) is 0. The summed E-state index contributed by atoms with van der Waals surface area (Å²) in [6.45, 7) is 0. The van der Waals surface area contributed by atoms with Crippen LogP contribution in [0.4, 0.5) is 0 Å². The molecule has 1 aromatic rings. The Balaban J connectivity index is 2.90. The molecule has 0 heterocycles. The van der Waals surface area contributed by atoms with Crippen molar-refractivity contribution in [2.45, 2.75) is 0 Å². The Labute approximate surface area is 84.7 Å². The second kappa shape index (κ2) is 4.60. The van der Waals surface area contributed by atoms with Crippen LogP contribution in [0.5, 0.6) is 0 Å². The second-order valence-electron chi connectivity index (χ2n) is 1.97. The van der Waals surface area contributed by atoms with Gasteiger partial charge in [-0.1, -0.05) is 23.7 Å². The fourth-order valence-electron chi connectivity index (χ4n) is 0.687. The van der Waals surface area contributed by atoms with E-state index in [2.05, 4.69) is 28.3 Å². The lowest BCUT2D eigenvalue weighted by atomic mass is 10.2. The fraction of sp³-hybridized carbons (Fsp3) is 0. The van der Waals surface area contributed by atoms with Crippen molar-refractivity contribution in [2.75, 3.05) is 0 Å². The van der Waals surface area contributed by atoms with Gasteiger partial charge in [0.2, 0.25) is 0 Å². The quantitative estimate of drug-likeness (QED) is 0.539. The van der Waals surface area contributed by atoms with Gasteiger partial charge in [-0.05, 0) is 46.4 Å². The Kier molecular flexibility index (Phi) is 3.70. The summed E-state index contributed by atoms with van der Waals surface area (Å²) in [6.07, 6.45) is 1.91. The van der Waals surface area contributed by atoms with Gasteiger partial charge in [-0.2, -0.15) is 0 Å². The van der Waals surface area contributed by atoms with Crippen LogP contribution in [0.25, 0.3) is 6.08 Å². The molecule has 0 aliphatic heterocycles. The monoisotopic (exact) mass is 276 g/mol. The summed E-state index contributed by atoms with van der Waals surface area (Å²) >= 11 is 7.83. The van der Waals surface area contributed by atoms with Crippen molar-refractivity contribution < 1.29 is 0 Å². The van der Waals surface area contributed by atoms with Crippen LogP contribution in [0.1, 0.15) is 5.56 Å². The van der Waals surface area contributed by atoms with Crippen molar-refractivity contribution in [3.05, 3.63) is 44.7 Å². The number of hydrogen-bond acceptors (Lipinski definition) is 0. The molecule has 0 amide bonds. The summed E-state index contributed by atoms with van der Waals surface area (Å²) in [5.74, 6) is 0. The van der Waals surface area contributed by atoms with E-state index in [1.807, 2.05) is 34.4 Å². The molecular weight excluding hydrogens is 270 g/mol. The number of halogens is 2. The van der Waals surface area contributed by atoms with Gasteiger partial charge in [-0.15, -0.1) is 5.73 Å². The lowest BCUT2D eigenvalue weighted by Crippen LogP contribution is -1.67. The van der Waals surface area contributed by atoms with Gasteiger partial charge in [0.25, 0.3) is 0 Å². The van der Waals surface area contributed by atoms with Gasteiger partial charge >= 0.3 is 0 Å². The summed E-state index contributed by atoms with van der Waals surface area (Å²) < 4.78 is 1.84. The average Bonchev–Trinajstić information content (AvgIpc) is 2.04. The van der Waals surface area contributed by atoms with Crippen molar-refractivity contribution >= 4 is 40.3 Å². The first-order valence-corrected chi connectivity index (χ1v) is 4.72. The number of benzene rings is 1. The van der Waals surface area contributed by atoms with Crippen LogP contribution in [0.2, 0.25) is 5.02 Å². The van der Waals surface area contributed by atoms with E-state index in [9.17, 15) is 0 Å². The van der Waals surface area contributed by atoms with Crippen LogP contribution < -0.4 is 0 Å². The van der Waals surface area contributed by atoms with E-state index in [0.717, 1.165) is 10.6 Å². The van der Waals surface area contributed by atoms with Crippen molar-refractivity contribution in [1.82, 2.24) is 0 Å². The molecule has 0 fully saturated rings. The third-order valence-corrected chi connectivity index (χ3v) is 1.79. The maximum absolute atomic E-state index is 5.70. The molecule has 0 spiro atoms. The molecule has 11 heavy (non-hydrogen) atoms. The van der Waals surface area contributed by atoms with Gasteiger partial charge < -0.3 is 0 Å². The molecular formula is C9H6ClI. The predicted molar refractivity (Wildman–Crippen MR) is 58.0 cm³/mol. The molecule has 0 saturated heterocycles. The zero-order valence-corrected chi connectivity index (χ0v) is 8.63. The Bertz CT molecular complexity index is 281. The largest absolute Gasteiger partial charge is 0.114 e. The van der Waals surface area contributed by atoms with E-state index < -0.39 is 0 Å². The topological polar surface area (TPSA) is 0 Å². The van der Waals surface area contributed by atoms with Crippen LogP contribution in [-0.4, -0.2) is 0 Å².